The summed E-state index contributed by atoms with van der Waals surface area (Å²) in [5.74, 6) is 0.809. The zero-order valence-electron chi connectivity index (χ0n) is 11.8. The summed E-state index contributed by atoms with van der Waals surface area (Å²) >= 11 is 0. The van der Waals surface area contributed by atoms with Gasteiger partial charge in [-0.25, -0.2) is 0 Å². The number of ether oxygens (including phenoxy) is 1. The minimum atomic E-state index is -0.472. The standard InChI is InChI=1S/C13H16N4O3/c1-13(2,3)16-8-14-15-12(16)9-5-6-11(20-4)10(7-9)17(18)19/h5-8H,1-4H3. The lowest BCUT2D eigenvalue weighted by molar-refractivity contribution is -0.385. The van der Waals surface area contributed by atoms with Crippen molar-refractivity contribution in [3.8, 4) is 17.1 Å². The van der Waals surface area contributed by atoms with Gasteiger partial charge in [0.1, 0.15) is 6.33 Å². The van der Waals surface area contributed by atoms with Crippen molar-refractivity contribution >= 4 is 5.69 Å². The molecule has 1 aromatic carbocycles. The van der Waals surface area contributed by atoms with E-state index in [1.807, 2.05) is 25.3 Å². The maximum Gasteiger partial charge on any atom is 0.311 e. The molecule has 0 saturated heterocycles. The van der Waals surface area contributed by atoms with Gasteiger partial charge in [0, 0.05) is 17.2 Å². The highest BCUT2D eigenvalue weighted by Gasteiger charge is 2.22. The molecule has 7 heteroatoms. The lowest BCUT2D eigenvalue weighted by Gasteiger charge is -2.22. The van der Waals surface area contributed by atoms with Gasteiger partial charge in [-0.15, -0.1) is 10.2 Å². The predicted octanol–water partition coefficient (Wildman–Crippen LogP) is 2.62. The lowest BCUT2D eigenvalue weighted by Crippen LogP contribution is -2.21. The zero-order chi connectivity index (χ0) is 14.9. The second-order valence-corrected chi connectivity index (χ2v) is 5.34. The Morgan fingerprint density at radius 1 is 1.35 bits per heavy atom. The monoisotopic (exact) mass is 276 g/mol. The molecule has 0 aliphatic heterocycles. The smallest absolute Gasteiger partial charge is 0.311 e. The number of benzene rings is 1. The molecule has 0 radical (unpaired) electrons. The number of rotatable bonds is 3. The Hall–Kier alpha value is -2.44. The van der Waals surface area contributed by atoms with Crippen LogP contribution in [0.5, 0.6) is 5.75 Å². The van der Waals surface area contributed by atoms with E-state index in [4.69, 9.17) is 4.74 Å². The second kappa shape index (κ2) is 4.92. The van der Waals surface area contributed by atoms with Crippen molar-refractivity contribution in [2.75, 3.05) is 7.11 Å². The van der Waals surface area contributed by atoms with Crippen molar-refractivity contribution in [3.63, 3.8) is 0 Å². The number of nitro benzene ring substituents is 1. The summed E-state index contributed by atoms with van der Waals surface area (Å²) in [6.07, 6.45) is 1.62. The molecular weight excluding hydrogens is 260 g/mol. The summed E-state index contributed by atoms with van der Waals surface area (Å²) < 4.78 is 6.87. The molecule has 0 atom stereocenters. The van der Waals surface area contributed by atoms with Crippen LogP contribution in [0.3, 0.4) is 0 Å². The van der Waals surface area contributed by atoms with E-state index in [-0.39, 0.29) is 17.0 Å². The number of aromatic nitrogens is 3. The minimum Gasteiger partial charge on any atom is -0.490 e. The van der Waals surface area contributed by atoms with Gasteiger partial charge in [-0.05, 0) is 32.9 Å². The first-order chi connectivity index (χ1) is 9.34. The Morgan fingerprint density at radius 3 is 2.60 bits per heavy atom. The van der Waals surface area contributed by atoms with Gasteiger partial charge in [0.25, 0.3) is 0 Å². The third-order valence-electron chi connectivity index (χ3n) is 2.90. The summed E-state index contributed by atoms with van der Waals surface area (Å²) in [7, 11) is 1.40. The third kappa shape index (κ3) is 2.47. The van der Waals surface area contributed by atoms with Crippen molar-refractivity contribution in [1.82, 2.24) is 14.8 Å². The second-order valence-electron chi connectivity index (χ2n) is 5.34. The molecule has 0 fully saturated rings. The first-order valence-corrected chi connectivity index (χ1v) is 6.08. The van der Waals surface area contributed by atoms with Gasteiger partial charge >= 0.3 is 5.69 Å². The van der Waals surface area contributed by atoms with E-state index < -0.39 is 4.92 Å². The summed E-state index contributed by atoms with van der Waals surface area (Å²) in [6, 6.07) is 4.75. The van der Waals surface area contributed by atoms with Gasteiger partial charge in [0.15, 0.2) is 11.6 Å². The van der Waals surface area contributed by atoms with Gasteiger partial charge in [0.05, 0.1) is 12.0 Å². The fourth-order valence-corrected chi connectivity index (χ4v) is 1.89. The van der Waals surface area contributed by atoms with E-state index in [9.17, 15) is 10.1 Å². The summed E-state index contributed by atoms with van der Waals surface area (Å²) in [6.45, 7) is 6.04. The van der Waals surface area contributed by atoms with E-state index in [2.05, 4.69) is 10.2 Å². The Kier molecular flexibility index (Phi) is 3.44. The molecule has 20 heavy (non-hydrogen) atoms. The summed E-state index contributed by atoms with van der Waals surface area (Å²) in [5.41, 5.74) is 0.325. The van der Waals surface area contributed by atoms with E-state index in [1.165, 1.54) is 13.2 Å². The molecule has 0 unspecified atom stereocenters. The summed E-state index contributed by atoms with van der Waals surface area (Å²) in [5, 5.41) is 19.0. The molecule has 2 rings (SSSR count). The van der Waals surface area contributed by atoms with Gasteiger partial charge in [0.2, 0.25) is 0 Å². The van der Waals surface area contributed by atoms with Crippen molar-refractivity contribution < 1.29 is 9.66 Å². The maximum atomic E-state index is 11.1. The molecule has 106 valence electrons. The number of hydrogen-bond donors (Lipinski definition) is 0. The minimum absolute atomic E-state index is 0.0894. The normalized spacial score (nSPS) is 11.4. The SMILES string of the molecule is COc1ccc(-c2nncn2C(C)(C)C)cc1[N+](=O)[O-]. The largest absolute Gasteiger partial charge is 0.490 e. The summed E-state index contributed by atoms with van der Waals surface area (Å²) in [4.78, 5) is 10.6. The average molecular weight is 276 g/mol. The number of nitro groups is 1. The van der Waals surface area contributed by atoms with Crippen molar-refractivity contribution in [2.24, 2.45) is 0 Å². The molecule has 2 aromatic rings. The van der Waals surface area contributed by atoms with E-state index in [1.54, 1.807) is 18.5 Å². The van der Waals surface area contributed by atoms with Crippen LogP contribution < -0.4 is 4.74 Å². The average Bonchev–Trinajstić information content (AvgIpc) is 2.87. The van der Waals surface area contributed by atoms with E-state index in [0.717, 1.165) is 0 Å². The molecule has 0 bridgehead atoms. The van der Waals surface area contributed by atoms with E-state index in [0.29, 0.717) is 11.4 Å². The molecule has 0 aliphatic rings. The highest BCUT2D eigenvalue weighted by Crippen LogP contribution is 2.32. The van der Waals surface area contributed by atoms with Crippen LogP contribution in [-0.4, -0.2) is 26.8 Å². The topological polar surface area (TPSA) is 83.1 Å². The first-order valence-electron chi connectivity index (χ1n) is 6.08. The molecule has 0 spiro atoms. The van der Waals surface area contributed by atoms with Crippen LogP contribution in [0.15, 0.2) is 24.5 Å². The number of nitrogens with zero attached hydrogens (tertiary/aromatic N) is 4. The van der Waals surface area contributed by atoms with Crippen LogP contribution in [0.2, 0.25) is 0 Å². The van der Waals surface area contributed by atoms with Gasteiger partial charge in [-0.2, -0.15) is 0 Å². The van der Waals surface area contributed by atoms with E-state index >= 15 is 0 Å². The Morgan fingerprint density at radius 2 is 2.05 bits per heavy atom. The Balaban J connectivity index is 2.57. The van der Waals surface area contributed by atoms with Gasteiger partial charge in [-0.3, -0.25) is 10.1 Å². The molecular formula is C13H16N4O3. The van der Waals surface area contributed by atoms with Crippen LogP contribution in [-0.2, 0) is 5.54 Å². The highest BCUT2D eigenvalue weighted by atomic mass is 16.6. The number of hydrogen-bond acceptors (Lipinski definition) is 5. The quantitative estimate of drug-likeness (QED) is 0.635. The Bertz CT molecular complexity index is 643. The van der Waals surface area contributed by atoms with Crippen molar-refractivity contribution in [2.45, 2.75) is 26.3 Å². The fourth-order valence-electron chi connectivity index (χ4n) is 1.89. The van der Waals surface area contributed by atoms with Crippen LogP contribution in [0.25, 0.3) is 11.4 Å². The molecule has 1 heterocycles. The van der Waals surface area contributed by atoms with Crippen molar-refractivity contribution in [1.29, 1.82) is 0 Å². The van der Waals surface area contributed by atoms with Crippen LogP contribution in [0, 0.1) is 10.1 Å². The first kappa shape index (κ1) is 14.0. The Labute approximate surface area is 116 Å². The highest BCUT2D eigenvalue weighted by molar-refractivity contribution is 5.63. The molecule has 0 saturated carbocycles. The van der Waals surface area contributed by atoms with Gasteiger partial charge < -0.3 is 9.30 Å². The van der Waals surface area contributed by atoms with Crippen molar-refractivity contribution in [3.05, 3.63) is 34.6 Å². The molecule has 0 aliphatic carbocycles. The molecule has 0 N–H and O–H groups in total. The lowest BCUT2D eigenvalue weighted by atomic mass is 10.1. The van der Waals surface area contributed by atoms with Gasteiger partial charge in [-0.1, -0.05) is 0 Å². The molecule has 7 nitrogen and oxygen atoms in total. The van der Waals surface area contributed by atoms with Crippen LogP contribution >= 0.6 is 0 Å². The van der Waals surface area contributed by atoms with Crippen LogP contribution in [0.1, 0.15) is 20.8 Å². The maximum absolute atomic E-state index is 11.1. The molecule has 0 amide bonds. The third-order valence-corrected chi connectivity index (χ3v) is 2.90. The molecule has 1 aromatic heterocycles. The zero-order valence-corrected chi connectivity index (χ0v) is 11.8. The predicted molar refractivity (Wildman–Crippen MR) is 73.7 cm³/mol. The fraction of sp³-hybridized carbons (Fsp3) is 0.385. The van der Waals surface area contributed by atoms with Crippen LogP contribution in [0.4, 0.5) is 5.69 Å². The number of methoxy groups -OCH3 is 1.